The van der Waals surface area contributed by atoms with Crippen LogP contribution in [0.2, 0.25) is 0 Å². The van der Waals surface area contributed by atoms with E-state index in [2.05, 4.69) is 22.6 Å². The number of carbonyl (C=O) groups is 2. The fraction of sp³-hybridized carbons (Fsp3) is 0.0588. The van der Waals surface area contributed by atoms with E-state index in [0.29, 0.717) is 16.9 Å². The van der Waals surface area contributed by atoms with Crippen molar-refractivity contribution in [3.63, 3.8) is 0 Å². The maximum absolute atomic E-state index is 12.7. The minimum absolute atomic E-state index is 0.178. The molecule has 0 saturated heterocycles. The van der Waals surface area contributed by atoms with Gasteiger partial charge in [-0.1, -0.05) is 6.07 Å². The Morgan fingerprint density at radius 2 is 1.91 bits per heavy atom. The molecule has 4 nitrogen and oxygen atoms in total. The third kappa shape index (κ3) is 2.41. The zero-order chi connectivity index (χ0) is 15.7. The number of rotatable bonds is 3. The molecule has 0 saturated carbocycles. The van der Waals surface area contributed by atoms with E-state index < -0.39 is 0 Å². The lowest BCUT2D eigenvalue weighted by atomic mass is 10.2. The number of hydrogen-bond acceptors (Lipinski definition) is 3. The molecule has 0 spiro atoms. The number of benzene rings is 2. The van der Waals surface area contributed by atoms with Crippen LogP contribution in [-0.4, -0.2) is 23.9 Å². The van der Waals surface area contributed by atoms with Crippen LogP contribution in [0.15, 0.2) is 48.7 Å². The van der Waals surface area contributed by atoms with Crippen molar-refractivity contribution < 1.29 is 14.3 Å². The van der Waals surface area contributed by atoms with Gasteiger partial charge in [-0.15, -0.1) is 0 Å². The molecule has 3 rings (SSSR count). The Balaban J connectivity index is 2.15. The average Bonchev–Trinajstić information content (AvgIpc) is 2.94. The molecule has 5 heteroatoms. The normalized spacial score (nSPS) is 10.6. The van der Waals surface area contributed by atoms with E-state index >= 15 is 0 Å². The molecule has 0 aliphatic heterocycles. The zero-order valence-electron chi connectivity index (χ0n) is 11.7. The predicted octanol–water partition coefficient (Wildman–Crippen LogP) is 3.76. The predicted molar refractivity (Wildman–Crippen MR) is 92.8 cm³/mol. The van der Waals surface area contributed by atoms with Crippen LogP contribution < -0.4 is 4.74 Å². The lowest BCUT2D eigenvalue weighted by molar-refractivity contribution is 0.0965. The monoisotopic (exact) mass is 405 g/mol. The fourth-order valence-electron chi connectivity index (χ4n) is 2.40. The van der Waals surface area contributed by atoms with Gasteiger partial charge in [-0.25, -0.2) is 0 Å². The molecular weight excluding hydrogens is 393 g/mol. The summed E-state index contributed by atoms with van der Waals surface area (Å²) in [6.45, 7) is 0. The van der Waals surface area contributed by atoms with E-state index in [-0.39, 0.29) is 5.91 Å². The summed E-state index contributed by atoms with van der Waals surface area (Å²) in [6, 6.07) is 12.5. The highest BCUT2D eigenvalue weighted by molar-refractivity contribution is 14.1. The van der Waals surface area contributed by atoms with E-state index in [9.17, 15) is 9.59 Å². The first-order valence-electron chi connectivity index (χ1n) is 6.59. The van der Waals surface area contributed by atoms with Gasteiger partial charge in [0.05, 0.1) is 12.6 Å². The van der Waals surface area contributed by atoms with Crippen molar-refractivity contribution in [3.8, 4) is 5.75 Å². The molecule has 1 heterocycles. The van der Waals surface area contributed by atoms with Crippen LogP contribution in [0.3, 0.4) is 0 Å². The summed E-state index contributed by atoms with van der Waals surface area (Å²) in [4.78, 5) is 24.0. The van der Waals surface area contributed by atoms with Crippen LogP contribution in [0.1, 0.15) is 20.7 Å². The minimum atomic E-state index is -0.178. The Labute approximate surface area is 140 Å². The molecule has 3 aromatic rings. The van der Waals surface area contributed by atoms with Gasteiger partial charge in [0.1, 0.15) is 5.75 Å². The summed E-state index contributed by atoms with van der Waals surface area (Å²) in [7, 11) is 1.58. The second-order valence-electron chi connectivity index (χ2n) is 4.74. The van der Waals surface area contributed by atoms with Gasteiger partial charge >= 0.3 is 0 Å². The Morgan fingerprint density at radius 3 is 2.55 bits per heavy atom. The maximum atomic E-state index is 12.7. The highest BCUT2D eigenvalue weighted by Gasteiger charge is 2.16. The van der Waals surface area contributed by atoms with Gasteiger partial charge in [-0.05, 0) is 59.0 Å². The SMILES string of the molecule is COc1ccc(C(=O)n2cc(C=O)c3c(I)cccc32)cc1. The molecule has 0 bridgehead atoms. The first-order valence-corrected chi connectivity index (χ1v) is 7.67. The number of aldehydes is 1. The van der Waals surface area contributed by atoms with Crippen molar-refractivity contribution in [3.05, 3.63) is 63.4 Å². The van der Waals surface area contributed by atoms with Crippen molar-refractivity contribution in [1.82, 2.24) is 4.57 Å². The third-order valence-corrected chi connectivity index (χ3v) is 4.39. The topological polar surface area (TPSA) is 48.3 Å². The van der Waals surface area contributed by atoms with Gasteiger partial charge in [0.2, 0.25) is 0 Å². The van der Waals surface area contributed by atoms with Crippen molar-refractivity contribution in [2.75, 3.05) is 7.11 Å². The van der Waals surface area contributed by atoms with Gasteiger partial charge < -0.3 is 4.74 Å². The molecule has 0 aliphatic rings. The Morgan fingerprint density at radius 1 is 1.18 bits per heavy atom. The van der Waals surface area contributed by atoms with Crippen molar-refractivity contribution in [2.45, 2.75) is 0 Å². The zero-order valence-corrected chi connectivity index (χ0v) is 13.9. The molecule has 0 N–H and O–H groups in total. The standard InChI is InChI=1S/C17H12INO3/c1-22-13-7-5-11(6-8-13)17(21)19-9-12(10-20)16-14(18)3-2-4-15(16)19/h2-10H,1H3. The number of carbonyl (C=O) groups excluding carboxylic acids is 2. The Bertz CT molecular complexity index is 865. The van der Waals surface area contributed by atoms with Gasteiger partial charge in [0, 0.05) is 26.3 Å². The quantitative estimate of drug-likeness (QED) is 0.493. The van der Waals surface area contributed by atoms with Gasteiger partial charge in [0.15, 0.2) is 6.29 Å². The summed E-state index contributed by atoms with van der Waals surface area (Å²) in [6.07, 6.45) is 2.37. The summed E-state index contributed by atoms with van der Waals surface area (Å²) >= 11 is 2.17. The summed E-state index contributed by atoms with van der Waals surface area (Å²) in [5.74, 6) is 0.514. The van der Waals surface area contributed by atoms with Gasteiger partial charge in [0.25, 0.3) is 5.91 Å². The number of fused-ring (bicyclic) bond motifs is 1. The lowest BCUT2D eigenvalue weighted by Gasteiger charge is -2.05. The Hall–Kier alpha value is -2.15. The number of halogens is 1. The fourth-order valence-corrected chi connectivity index (χ4v) is 3.20. The van der Waals surface area contributed by atoms with E-state index in [0.717, 1.165) is 20.8 Å². The second kappa shape index (κ2) is 5.92. The molecule has 22 heavy (non-hydrogen) atoms. The molecule has 0 radical (unpaired) electrons. The second-order valence-corrected chi connectivity index (χ2v) is 5.90. The highest BCUT2D eigenvalue weighted by Crippen LogP contribution is 2.26. The number of methoxy groups -OCH3 is 1. The van der Waals surface area contributed by atoms with E-state index in [1.807, 2.05) is 18.2 Å². The summed E-state index contributed by atoms with van der Waals surface area (Å²) in [5.41, 5.74) is 1.78. The van der Waals surface area contributed by atoms with E-state index in [4.69, 9.17) is 4.74 Å². The number of ether oxygens (including phenoxy) is 1. The molecule has 110 valence electrons. The van der Waals surface area contributed by atoms with Crippen LogP contribution in [0.4, 0.5) is 0 Å². The smallest absolute Gasteiger partial charge is 0.262 e. The van der Waals surface area contributed by atoms with E-state index in [1.54, 1.807) is 37.6 Å². The molecular formula is C17H12INO3. The van der Waals surface area contributed by atoms with Crippen molar-refractivity contribution in [1.29, 1.82) is 0 Å². The largest absolute Gasteiger partial charge is 0.497 e. The van der Waals surface area contributed by atoms with Crippen LogP contribution in [-0.2, 0) is 0 Å². The first-order chi connectivity index (χ1) is 10.7. The Kier molecular flexibility index (Phi) is 3.98. The van der Waals surface area contributed by atoms with Crippen molar-refractivity contribution in [2.24, 2.45) is 0 Å². The van der Waals surface area contributed by atoms with Crippen LogP contribution in [0.25, 0.3) is 10.9 Å². The van der Waals surface area contributed by atoms with Gasteiger partial charge in [-0.3, -0.25) is 14.2 Å². The first kappa shape index (κ1) is 14.8. The van der Waals surface area contributed by atoms with Gasteiger partial charge in [-0.2, -0.15) is 0 Å². The minimum Gasteiger partial charge on any atom is -0.497 e. The summed E-state index contributed by atoms with van der Waals surface area (Å²) in [5, 5.41) is 0.806. The molecule has 0 fully saturated rings. The number of hydrogen-bond donors (Lipinski definition) is 0. The molecule has 0 amide bonds. The third-order valence-electron chi connectivity index (χ3n) is 3.49. The molecule has 2 aromatic carbocycles. The average molecular weight is 405 g/mol. The maximum Gasteiger partial charge on any atom is 0.262 e. The lowest BCUT2D eigenvalue weighted by Crippen LogP contribution is -2.10. The number of aromatic nitrogens is 1. The molecule has 1 aromatic heterocycles. The highest BCUT2D eigenvalue weighted by atomic mass is 127. The molecule has 0 aliphatic carbocycles. The molecule has 0 atom stereocenters. The van der Waals surface area contributed by atoms with E-state index in [1.165, 1.54) is 4.57 Å². The van der Waals surface area contributed by atoms with Crippen LogP contribution in [0, 0.1) is 3.57 Å². The van der Waals surface area contributed by atoms with Crippen molar-refractivity contribution >= 4 is 45.7 Å². The van der Waals surface area contributed by atoms with Crippen LogP contribution >= 0.6 is 22.6 Å². The molecule has 0 unspecified atom stereocenters. The number of nitrogens with zero attached hydrogens (tertiary/aromatic N) is 1. The summed E-state index contributed by atoms with van der Waals surface area (Å²) < 4.78 is 7.56. The van der Waals surface area contributed by atoms with Crippen LogP contribution in [0.5, 0.6) is 5.75 Å².